The highest BCUT2D eigenvalue weighted by Gasteiger charge is 2.51. The Hall–Kier alpha value is -3.76. The third-order valence-corrected chi connectivity index (χ3v) is 17.5. The van der Waals surface area contributed by atoms with E-state index in [9.17, 15) is 0 Å². The van der Waals surface area contributed by atoms with Gasteiger partial charge in [-0.25, -0.2) is 0 Å². The van der Waals surface area contributed by atoms with Crippen LogP contribution >= 0.6 is 63.7 Å². The maximum atomic E-state index is 7.23. The van der Waals surface area contributed by atoms with Crippen molar-refractivity contribution in [3.8, 4) is 62.1 Å². The fraction of sp³-hybridized carbons (Fsp3) is 0.478. The molecular weight excluding hydrogens is 1230 g/mol. The van der Waals surface area contributed by atoms with Crippen LogP contribution in [0.4, 0.5) is 0 Å². The summed E-state index contributed by atoms with van der Waals surface area (Å²) in [4.78, 5) is 0. The molecule has 1 heterocycles. The van der Waals surface area contributed by atoms with E-state index in [2.05, 4.69) is 188 Å². The van der Waals surface area contributed by atoms with Gasteiger partial charge in [0.15, 0.2) is 5.60 Å². The van der Waals surface area contributed by atoms with Crippen molar-refractivity contribution >= 4 is 63.7 Å². The smallest absolute Gasteiger partial charge is 0.186 e. The lowest BCUT2D eigenvalue weighted by atomic mass is 9.78. The van der Waals surface area contributed by atoms with Gasteiger partial charge in [-0.05, 0) is 133 Å². The molecule has 1 spiro atoms. The van der Waals surface area contributed by atoms with E-state index in [1.165, 1.54) is 134 Å². The summed E-state index contributed by atoms with van der Waals surface area (Å²) < 4.78 is 36.2. The minimum Gasteiger partial charge on any atom is -0.494 e. The molecule has 2 aliphatic rings. The molecule has 1 aliphatic carbocycles. The molecule has 1 aliphatic heterocycles. The van der Waals surface area contributed by atoms with Crippen molar-refractivity contribution in [1.29, 1.82) is 0 Å². The Morgan fingerprint density at radius 3 is 1.04 bits per heavy atom. The molecule has 0 N–H and O–H groups in total. The molecule has 0 bridgehead atoms. The van der Waals surface area contributed by atoms with E-state index in [1.54, 1.807) is 0 Å². The Morgan fingerprint density at radius 2 is 0.641 bits per heavy atom. The van der Waals surface area contributed by atoms with Gasteiger partial charge in [0.25, 0.3) is 0 Å². The van der Waals surface area contributed by atoms with Crippen LogP contribution in [0.3, 0.4) is 0 Å². The molecule has 0 amide bonds. The van der Waals surface area contributed by atoms with Crippen LogP contribution in [0.2, 0.25) is 0 Å². The van der Waals surface area contributed by atoms with E-state index in [0.717, 1.165) is 143 Å². The normalized spacial score (nSPS) is 12.5. The largest absolute Gasteiger partial charge is 0.494 e. The highest BCUT2D eigenvalue weighted by Crippen LogP contribution is 2.60. The van der Waals surface area contributed by atoms with Crippen LogP contribution in [0.1, 0.15) is 198 Å². The number of benzene rings is 6. The van der Waals surface area contributed by atoms with Crippen LogP contribution in [0.25, 0.3) is 33.4 Å². The number of unbranched alkanes of at least 4 members (excludes halogenated alkanes) is 20. The summed E-state index contributed by atoms with van der Waals surface area (Å²) in [5, 5.41) is 0. The highest BCUT2D eigenvalue weighted by atomic mass is 79.9. The predicted molar refractivity (Wildman–Crippen MR) is 342 cm³/mol. The van der Waals surface area contributed by atoms with Gasteiger partial charge in [0.05, 0.1) is 26.4 Å². The lowest BCUT2D eigenvalue weighted by Crippen LogP contribution is -2.36. The van der Waals surface area contributed by atoms with Crippen molar-refractivity contribution in [3.63, 3.8) is 0 Å². The fourth-order valence-electron chi connectivity index (χ4n) is 10.8. The molecule has 6 aromatic carbocycles. The van der Waals surface area contributed by atoms with Gasteiger partial charge in [0, 0.05) is 51.3 Å². The Labute approximate surface area is 503 Å². The second-order valence-electron chi connectivity index (χ2n) is 21.3. The van der Waals surface area contributed by atoms with Crippen molar-refractivity contribution in [2.24, 2.45) is 0 Å². The zero-order chi connectivity index (χ0) is 55.0. The summed E-state index contributed by atoms with van der Waals surface area (Å²) >= 11 is 14.9. The van der Waals surface area contributed by atoms with Crippen LogP contribution in [0.5, 0.6) is 28.7 Å². The van der Waals surface area contributed by atoms with Crippen molar-refractivity contribution < 1.29 is 23.7 Å². The van der Waals surface area contributed by atoms with Gasteiger partial charge < -0.3 is 23.7 Å². The van der Waals surface area contributed by atoms with Crippen LogP contribution in [-0.4, -0.2) is 26.4 Å². The summed E-state index contributed by atoms with van der Waals surface area (Å²) in [5.41, 5.74) is 9.40. The molecule has 0 saturated heterocycles. The fourth-order valence-corrected chi connectivity index (χ4v) is 12.4. The molecule has 0 radical (unpaired) electrons. The molecule has 0 atom stereocenters. The Morgan fingerprint density at radius 1 is 0.308 bits per heavy atom. The maximum absolute atomic E-state index is 7.23. The van der Waals surface area contributed by atoms with E-state index >= 15 is 0 Å². The third-order valence-electron chi connectivity index (χ3n) is 15.1. The number of rotatable bonds is 33. The lowest BCUT2D eigenvalue weighted by molar-refractivity contribution is 0.156. The molecule has 0 unspecified atom stereocenters. The second-order valence-corrected chi connectivity index (χ2v) is 24.8. The minimum atomic E-state index is -0.798. The number of ether oxygens (including phenoxy) is 5. The zero-order valence-electron chi connectivity index (χ0n) is 47.2. The molecule has 5 nitrogen and oxygen atoms in total. The summed E-state index contributed by atoms with van der Waals surface area (Å²) in [6, 6.07) is 38.5. The van der Waals surface area contributed by atoms with Gasteiger partial charge in [0.1, 0.15) is 28.7 Å². The highest BCUT2D eigenvalue weighted by molar-refractivity contribution is 9.11. The molecule has 6 aromatic rings. The van der Waals surface area contributed by atoms with Gasteiger partial charge in [-0.1, -0.05) is 238 Å². The molecule has 78 heavy (non-hydrogen) atoms. The van der Waals surface area contributed by atoms with Gasteiger partial charge in [-0.3, -0.25) is 0 Å². The Balaban J connectivity index is 0.000000243. The molecule has 0 fully saturated rings. The molecule has 9 heteroatoms. The maximum Gasteiger partial charge on any atom is 0.186 e. The van der Waals surface area contributed by atoms with Crippen molar-refractivity contribution in [1.82, 2.24) is 0 Å². The van der Waals surface area contributed by atoms with E-state index < -0.39 is 5.60 Å². The van der Waals surface area contributed by atoms with Gasteiger partial charge in [-0.15, -0.1) is 0 Å². The first-order chi connectivity index (χ1) is 38.2. The summed E-state index contributed by atoms with van der Waals surface area (Å²) in [5.74, 6) is 4.52. The molecule has 8 rings (SSSR count). The van der Waals surface area contributed by atoms with Crippen LogP contribution in [0, 0.1) is 0 Å². The first kappa shape index (κ1) is 61.9. The first-order valence-electron chi connectivity index (χ1n) is 29.9. The van der Waals surface area contributed by atoms with Gasteiger partial charge in [-0.2, -0.15) is 0 Å². The Bertz CT molecular complexity index is 2640. The van der Waals surface area contributed by atoms with Gasteiger partial charge in [0.2, 0.25) is 0 Å². The van der Waals surface area contributed by atoms with E-state index in [4.69, 9.17) is 23.7 Å². The zero-order valence-corrected chi connectivity index (χ0v) is 53.6. The monoisotopic (exact) mass is 1310 g/mol. The molecule has 0 saturated carbocycles. The number of fused-ring (bicyclic) bond motifs is 9. The third kappa shape index (κ3) is 17.4. The number of hydrogen-bond acceptors (Lipinski definition) is 5. The SMILES string of the molecule is CCCCCCCCOc1ccc(Br)c(-c2cc(OCCCCCCCC)ccc2Br)c1.CCCCCCCCOc1ccc2c(c1)-c1cc(OCCCCCCCC)ccc1C21Oc2cc(Br)ccc2-c2ccc(Br)cc21. The lowest BCUT2D eigenvalue weighted by Gasteiger charge is -2.39. The number of halogens is 4. The standard InChI is InChI=1S/C41H46Br2O3.C28H40Br2O2/c1-3-5-7-9-11-13-23-44-31-17-21-37-35(27-31)36-28-32(45-24-14-12-10-8-6-4-2)18-22-38(36)41(37)39-25-29(42)15-19-33(39)34-20-16-30(43)26-40(34)46-41;1-3-5-7-9-11-13-19-31-23-15-17-27(29)25(21-23)26-22-24(16-18-28(26)30)32-20-14-12-10-8-6-4-2/h15-22,25-28H,3-14,23-24H2,1-2H3;15-18,21-22H,3-14,19-20H2,1-2H3. The average Bonchev–Trinajstić information content (AvgIpc) is 3.69. The summed E-state index contributed by atoms with van der Waals surface area (Å²) in [7, 11) is 0. The summed E-state index contributed by atoms with van der Waals surface area (Å²) in [6.07, 6.45) is 30.2. The van der Waals surface area contributed by atoms with Crippen molar-refractivity contribution in [3.05, 3.63) is 144 Å². The second kappa shape index (κ2) is 33.2. The van der Waals surface area contributed by atoms with E-state index in [1.807, 2.05) is 12.1 Å². The molecular formula is C69H86Br4O5. The van der Waals surface area contributed by atoms with Crippen molar-refractivity contribution in [2.75, 3.05) is 26.4 Å². The topological polar surface area (TPSA) is 46.2 Å². The van der Waals surface area contributed by atoms with Crippen LogP contribution < -0.4 is 23.7 Å². The summed E-state index contributed by atoms with van der Waals surface area (Å²) in [6.45, 7) is 12.0. The number of hydrogen-bond donors (Lipinski definition) is 0. The Kier molecular flexibility index (Phi) is 26.4. The predicted octanol–water partition coefficient (Wildman–Crippen LogP) is 23.4. The molecule has 420 valence electrons. The quantitative estimate of drug-likeness (QED) is 0.0384. The minimum absolute atomic E-state index is 0.734. The van der Waals surface area contributed by atoms with E-state index in [-0.39, 0.29) is 0 Å². The van der Waals surface area contributed by atoms with Crippen LogP contribution in [-0.2, 0) is 5.60 Å². The first-order valence-corrected chi connectivity index (χ1v) is 33.1. The van der Waals surface area contributed by atoms with Crippen LogP contribution in [0.15, 0.2) is 127 Å². The van der Waals surface area contributed by atoms with E-state index in [0.29, 0.717) is 0 Å². The average molecular weight is 1320 g/mol. The molecule has 0 aromatic heterocycles. The van der Waals surface area contributed by atoms with Gasteiger partial charge >= 0.3 is 0 Å². The van der Waals surface area contributed by atoms with Crippen molar-refractivity contribution in [2.45, 2.75) is 187 Å².